The van der Waals surface area contributed by atoms with Crippen LogP contribution in [-0.2, 0) is 16.2 Å². The summed E-state index contributed by atoms with van der Waals surface area (Å²) in [7, 11) is 0. The lowest BCUT2D eigenvalue weighted by Crippen LogP contribution is -2.15. The molecule has 0 saturated heterocycles. The highest BCUT2D eigenvalue weighted by Crippen LogP contribution is 2.54. The average Bonchev–Trinajstić information content (AvgIpc) is 1.61. The minimum Gasteiger partial charge on any atom is -0.309 e. The molecule has 2 aromatic heterocycles. The number of hydrogen-bond donors (Lipinski definition) is 0. The summed E-state index contributed by atoms with van der Waals surface area (Å²) in [6.45, 7) is 23.1. The zero-order chi connectivity index (χ0) is 62.0. The lowest BCUT2D eigenvalue weighted by molar-refractivity contribution is 0.660. The lowest BCUT2D eigenvalue weighted by Gasteiger charge is -2.22. The first-order valence-electron chi connectivity index (χ1n) is 32.4. The molecule has 2 heteroatoms. The van der Waals surface area contributed by atoms with Gasteiger partial charge in [0, 0.05) is 49.2 Å². The van der Waals surface area contributed by atoms with Crippen LogP contribution in [0.25, 0.3) is 135 Å². The molecule has 0 atom stereocenters. The molecule has 0 saturated carbocycles. The van der Waals surface area contributed by atoms with Crippen LogP contribution in [0.15, 0.2) is 231 Å². The SMILES string of the molecule is Cc1cc(C)cc(-n2c3ccccc3c3cc(-c4ccc5c(c4)C(C)(C)c4cc(C=Cc6ccc7c(c6)C(C)(C)c6cc(C=Cc8ccc9c(c8)C(C)(C)c8cc(-c%10ccc%11c(c%10)c%10ccccc%10n%11-c%10cc(C)cc(C)c%10)ccc8-9)ccc6-7)ccc4-5)ccc32)c1. The zero-order valence-corrected chi connectivity index (χ0v) is 53.6. The van der Waals surface area contributed by atoms with Crippen molar-refractivity contribution in [2.75, 3.05) is 0 Å². The fraction of sp³-hybridized carbons (Fsp3) is 0.146. The van der Waals surface area contributed by atoms with Crippen molar-refractivity contribution in [3.8, 4) is 67.0 Å². The van der Waals surface area contributed by atoms with E-state index in [0.29, 0.717) is 0 Å². The summed E-state index contributed by atoms with van der Waals surface area (Å²) in [4.78, 5) is 0. The Morgan fingerprint density at radius 2 is 0.505 bits per heavy atom. The topological polar surface area (TPSA) is 9.86 Å². The maximum absolute atomic E-state index is 2.45. The molecule has 0 aliphatic heterocycles. The number of aryl methyl sites for hydroxylation is 4. The Kier molecular flexibility index (Phi) is 12.0. The standard InChI is InChI=1S/C89H72N2/c1-53-39-54(2)42-65(41-53)90-83-17-13-11-15-73(83)75-49-61(29-37-85(75)90)63-27-35-71-69-33-25-59(47-79(69)88(7,8)81(71)51-63)21-19-57-23-31-67-68-32-24-58(46-78(68)87(5,6)77(67)45-57)20-22-60-26-34-70-72-36-28-64(52-82(72)89(9,10)80(70)48-60)62-30-38-86-76(50-62)74-16-12-14-18-84(74)91(86)66-43-55(3)40-56(4)44-66/h11-52H,1-10H3. The highest BCUT2D eigenvalue weighted by molar-refractivity contribution is 6.12. The number of hydrogen-bond acceptors (Lipinski definition) is 0. The first kappa shape index (κ1) is 54.8. The van der Waals surface area contributed by atoms with E-state index in [1.54, 1.807) is 0 Å². The smallest absolute Gasteiger partial charge is 0.0541 e. The van der Waals surface area contributed by atoms with Gasteiger partial charge < -0.3 is 9.13 Å². The van der Waals surface area contributed by atoms with Crippen LogP contribution < -0.4 is 0 Å². The van der Waals surface area contributed by atoms with Gasteiger partial charge in [0.15, 0.2) is 0 Å². The molecule has 2 heterocycles. The van der Waals surface area contributed by atoms with Gasteiger partial charge in [0.2, 0.25) is 0 Å². The van der Waals surface area contributed by atoms with Gasteiger partial charge in [-0.25, -0.2) is 0 Å². The van der Waals surface area contributed by atoms with Gasteiger partial charge in [0.25, 0.3) is 0 Å². The second kappa shape index (κ2) is 19.9. The number of benzene rings is 12. The Bertz CT molecular complexity index is 5160. The van der Waals surface area contributed by atoms with Gasteiger partial charge in [-0.3, -0.25) is 0 Å². The molecule has 0 N–H and O–H groups in total. The van der Waals surface area contributed by atoms with E-state index in [2.05, 4.69) is 333 Å². The monoisotopic (exact) mass is 1170 g/mol. The van der Waals surface area contributed by atoms with Crippen LogP contribution in [-0.4, -0.2) is 9.13 Å². The van der Waals surface area contributed by atoms with Crippen molar-refractivity contribution in [2.45, 2.75) is 85.5 Å². The van der Waals surface area contributed by atoms with Gasteiger partial charge >= 0.3 is 0 Å². The highest BCUT2D eigenvalue weighted by atomic mass is 15.0. The van der Waals surface area contributed by atoms with Crippen molar-refractivity contribution in [3.63, 3.8) is 0 Å². The van der Waals surface area contributed by atoms with Gasteiger partial charge in [-0.15, -0.1) is 0 Å². The van der Waals surface area contributed by atoms with Crippen LogP contribution in [0, 0.1) is 27.7 Å². The average molecular weight is 1170 g/mol. The van der Waals surface area contributed by atoms with E-state index in [-0.39, 0.29) is 16.2 Å². The lowest BCUT2D eigenvalue weighted by atomic mass is 9.81. The molecule has 0 fully saturated rings. The van der Waals surface area contributed by atoms with Gasteiger partial charge in [0.1, 0.15) is 0 Å². The van der Waals surface area contributed by atoms with E-state index < -0.39 is 0 Å². The molecule has 12 aromatic carbocycles. The Balaban J connectivity index is 0.601. The molecule has 3 aliphatic carbocycles. The molecular weight excluding hydrogens is 1100 g/mol. The van der Waals surface area contributed by atoms with Crippen molar-refractivity contribution < 1.29 is 0 Å². The third-order valence-electron chi connectivity index (χ3n) is 21.0. The van der Waals surface area contributed by atoms with E-state index >= 15 is 0 Å². The summed E-state index contributed by atoms with van der Waals surface area (Å²) in [5.41, 5.74) is 38.1. The molecule has 0 spiro atoms. The summed E-state index contributed by atoms with van der Waals surface area (Å²) in [5, 5.41) is 5.11. The van der Waals surface area contributed by atoms with Crippen LogP contribution in [0.2, 0.25) is 0 Å². The van der Waals surface area contributed by atoms with Crippen LogP contribution in [0.5, 0.6) is 0 Å². The maximum Gasteiger partial charge on any atom is 0.0541 e. The molecule has 0 unspecified atom stereocenters. The molecule has 3 aliphatic rings. The molecule has 0 bridgehead atoms. The first-order valence-corrected chi connectivity index (χ1v) is 32.4. The Morgan fingerprint density at radius 1 is 0.242 bits per heavy atom. The third kappa shape index (κ3) is 8.52. The molecular formula is C89H72N2. The summed E-state index contributed by atoms with van der Waals surface area (Å²) in [5.74, 6) is 0. The second-order valence-corrected chi connectivity index (χ2v) is 28.1. The van der Waals surface area contributed by atoms with E-state index in [1.807, 2.05) is 0 Å². The normalized spacial score (nSPS) is 14.7. The molecule has 0 radical (unpaired) electrons. The predicted molar refractivity (Wildman–Crippen MR) is 388 cm³/mol. The van der Waals surface area contributed by atoms with E-state index in [1.165, 1.54) is 189 Å². The van der Waals surface area contributed by atoms with Gasteiger partial charge in [0.05, 0.1) is 22.1 Å². The molecule has 0 amide bonds. The quantitative estimate of drug-likeness (QED) is 0.134. The molecule has 91 heavy (non-hydrogen) atoms. The molecule has 2 nitrogen and oxygen atoms in total. The Hall–Kier alpha value is -10.3. The molecule has 17 rings (SSSR count). The second-order valence-electron chi connectivity index (χ2n) is 28.1. The maximum atomic E-state index is 2.45. The summed E-state index contributed by atoms with van der Waals surface area (Å²) in [6.07, 6.45) is 9.22. The van der Waals surface area contributed by atoms with Crippen molar-refractivity contribution >= 4 is 67.9 Å². The predicted octanol–water partition coefficient (Wildman–Crippen LogP) is 23.7. The van der Waals surface area contributed by atoms with E-state index in [4.69, 9.17) is 0 Å². The van der Waals surface area contributed by atoms with Crippen molar-refractivity contribution in [2.24, 2.45) is 0 Å². The first-order chi connectivity index (χ1) is 43.9. The number of aromatic nitrogens is 2. The van der Waals surface area contributed by atoms with Gasteiger partial charge in [-0.2, -0.15) is 0 Å². The van der Waals surface area contributed by atoms with Crippen LogP contribution in [0.1, 0.15) is 119 Å². The minimum absolute atomic E-state index is 0.154. The summed E-state index contributed by atoms with van der Waals surface area (Å²) in [6, 6.07) is 88.0. The number of nitrogens with zero attached hydrogens (tertiary/aromatic N) is 2. The fourth-order valence-corrected chi connectivity index (χ4v) is 16.5. The molecule has 14 aromatic rings. The van der Waals surface area contributed by atoms with Crippen molar-refractivity contribution in [1.82, 2.24) is 9.13 Å². The van der Waals surface area contributed by atoms with Gasteiger partial charge in [-0.1, -0.05) is 224 Å². The summed E-state index contributed by atoms with van der Waals surface area (Å²) >= 11 is 0. The Labute approximate surface area is 534 Å². The summed E-state index contributed by atoms with van der Waals surface area (Å²) < 4.78 is 4.86. The third-order valence-corrected chi connectivity index (χ3v) is 21.0. The van der Waals surface area contributed by atoms with Crippen LogP contribution in [0.4, 0.5) is 0 Å². The minimum atomic E-state index is -0.160. The fourth-order valence-electron chi connectivity index (χ4n) is 16.5. The zero-order valence-electron chi connectivity index (χ0n) is 53.6. The molecule has 438 valence electrons. The van der Waals surface area contributed by atoms with Gasteiger partial charge in [-0.05, 0) is 234 Å². The largest absolute Gasteiger partial charge is 0.309 e. The number of para-hydroxylation sites is 2. The van der Waals surface area contributed by atoms with Crippen molar-refractivity contribution in [1.29, 1.82) is 0 Å². The Morgan fingerprint density at radius 3 is 0.835 bits per heavy atom. The van der Waals surface area contributed by atoms with E-state index in [0.717, 1.165) is 0 Å². The van der Waals surface area contributed by atoms with Crippen LogP contribution >= 0.6 is 0 Å². The number of fused-ring (bicyclic) bond motifs is 15. The van der Waals surface area contributed by atoms with E-state index in [9.17, 15) is 0 Å². The highest BCUT2D eigenvalue weighted by Gasteiger charge is 2.38. The number of rotatable bonds is 8. The van der Waals surface area contributed by atoms with Crippen molar-refractivity contribution in [3.05, 3.63) is 308 Å². The van der Waals surface area contributed by atoms with Crippen LogP contribution in [0.3, 0.4) is 0 Å².